The van der Waals surface area contributed by atoms with E-state index >= 15 is 0 Å². The van der Waals surface area contributed by atoms with Gasteiger partial charge in [-0.1, -0.05) is 6.92 Å². The molecule has 102 valence electrons. The van der Waals surface area contributed by atoms with Gasteiger partial charge in [0.25, 0.3) is 0 Å². The number of hydrogen-bond donors (Lipinski definition) is 1. The van der Waals surface area contributed by atoms with Crippen molar-refractivity contribution in [3.63, 3.8) is 0 Å². The van der Waals surface area contributed by atoms with E-state index in [-0.39, 0.29) is 0 Å². The maximum Gasteiger partial charge on any atom is 0.185 e. The van der Waals surface area contributed by atoms with Crippen LogP contribution in [0.2, 0.25) is 0 Å². The summed E-state index contributed by atoms with van der Waals surface area (Å²) in [6.07, 6.45) is 5.84. The van der Waals surface area contributed by atoms with Crippen molar-refractivity contribution >= 4 is 16.5 Å². The highest BCUT2D eigenvalue weighted by atomic mass is 32.1. The molecule has 1 aromatic heterocycles. The van der Waals surface area contributed by atoms with Gasteiger partial charge in [0.15, 0.2) is 5.13 Å². The summed E-state index contributed by atoms with van der Waals surface area (Å²) in [5.41, 5.74) is 0. The smallest absolute Gasteiger partial charge is 0.185 e. The first-order valence-corrected chi connectivity index (χ1v) is 7.58. The fraction of sp³-hybridized carbons (Fsp3) is 0.769. The molecule has 0 saturated carbocycles. The largest absolute Gasteiger partial charge is 0.381 e. The molecule has 0 amide bonds. The summed E-state index contributed by atoms with van der Waals surface area (Å²) in [7, 11) is 1.81. The second-order valence-electron chi connectivity index (χ2n) is 4.71. The molecule has 1 aliphatic heterocycles. The van der Waals surface area contributed by atoms with Crippen molar-refractivity contribution in [1.29, 1.82) is 0 Å². The molecule has 5 heteroatoms. The van der Waals surface area contributed by atoms with Gasteiger partial charge in [0, 0.05) is 37.8 Å². The molecule has 0 spiro atoms. The number of hydrogen-bond acceptors (Lipinski definition) is 5. The Labute approximate surface area is 113 Å². The monoisotopic (exact) mass is 269 g/mol. The number of methoxy groups -OCH3 is 1. The van der Waals surface area contributed by atoms with Crippen molar-refractivity contribution in [2.45, 2.75) is 38.8 Å². The van der Waals surface area contributed by atoms with E-state index in [1.54, 1.807) is 7.11 Å². The van der Waals surface area contributed by atoms with Crippen LogP contribution in [0.5, 0.6) is 0 Å². The van der Waals surface area contributed by atoms with Gasteiger partial charge < -0.3 is 15.0 Å². The number of thiazole rings is 1. The van der Waals surface area contributed by atoms with Crippen LogP contribution in [0.1, 0.15) is 31.1 Å². The van der Waals surface area contributed by atoms with Crippen molar-refractivity contribution in [2.24, 2.45) is 0 Å². The maximum absolute atomic E-state index is 5.39. The van der Waals surface area contributed by atoms with Crippen LogP contribution in [0.4, 0.5) is 5.13 Å². The van der Waals surface area contributed by atoms with Crippen molar-refractivity contribution in [3.8, 4) is 0 Å². The van der Waals surface area contributed by atoms with Crippen LogP contribution < -0.4 is 10.2 Å². The van der Waals surface area contributed by atoms with Gasteiger partial charge in [-0.05, 0) is 25.8 Å². The van der Waals surface area contributed by atoms with E-state index < -0.39 is 0 Å². The molecule has 1 fully saturated rings. The Morgan fingerprint density at radius 2 is 2.28 bits per heavy atom. The van der Waals surface area contributed by atoms with Crippen LogP contribution in [0.15, 0.2) is 6.20 Å². The average molecular weight is 269 g/mol. The first-order valence-electron chi connectivity index (χ1n) is 6.76. The Balaban J connectivity index is 1.82. The topological polar surface area (TPSA) is 37.4 Å². The Bertz CT molecular complexity index is 348. The van der Waals surface area contributed by atoms with Crippen LogP contribution in [0.25, 0.3) is 0 Å². The molecule has 1 saturated heterocycles. The summed E-state index contributed by atoms with van der Waals surface area (Å²) < 4.78 is 5.39. The standard InChI is InChI=1S/C13H23N3OS/c1-3-6-14-9-12-10-15-13(18-12)16-7-4-11(17-2)5-8-16/h10-11,14H,3-9H2,1-2H3. The van der Waals surface area contributed by atoms with Crippen LogP contribution in [0.3, 0.4) is 0 Å². The number of aromatic nitrogens is 1. The number of rotatable bonds is 6. The van der Waals surface area contributed by atoms with Gasteiger partial charge in [0.2, 0.25) is 0 Å². The van der Waals surface area contributed by atoms with Gasteiger partial charge in [0.1, 0.15) is 0 Å². The Morgan fingerprint density at radius 3 is 2.94 bits per heavy atom. The molecule has 2 heterocycles. The minimum atomic E-state index is 0.437. The van der Waals surface area contributed by atoms with Crippen molar-refractivity contribution in [3.05, 3.63) is 11.1 Å². The lowest BCUT2D eigenvalue weighted by Gasteiger charge is -2.30. The Morgan fingerprint density at radius 1 is 1.50 bits per heavy atom. The number of nitrogens with one attached hydrogen (secondary N) is 1. The van der Waals surface area contributed by atoms with E-state index in [0.29, 0.717) is 6.10 Å². The molecule has 18 heavy (non-hydrogen) atoms. The molecule has 1 aromatic rings. The summed E-state index contributed by atoms with van der Waals surface area (Å²) >= 11 is 1.81. The fourth-order valence-corrected chi connectivity index (χ4v) is 3.13. The highest BCUT2D eigenvalue weighted by molar-refractivity contribution is 7.15. The van der Waals surface area contributed by atoms with Gasteiger partial charge >= 0.3 is 0 Å². The third-order valence-corrected chi connectivity index (χ3v) is 4.37. The highest BCUT2D eigenvalue weighted by Gasteiger charge is 2.20. The van der Waals surface area contributed by atoms with Crippen molar-refractivity contribution in [1.82, 2.24) is 10.3 Å². The zero-order valence-electron chi connectivity index (χ0n) is 11.3. The molecule has 0 atom stereocenters. The van der Waals surface area contributed by atoms with Crippen LogP contribution in [0, 0.1) is 0 Å². The predicted octanol–water partition coefficient (Wildman–Crippen LogP) is 2.26. The molecular weight excluding hydrogens is 246 g/mol. The molecule has 0 radical (unpaired) electrons. The zero-order chi connectivity index (χ0) is 12.8. The van der Waals surface area contributed by atoms with Crippen molar-refractivity contribution < 1.29 is 4.74 Å². The summed E-state index contributed by atoms with van der Waals surface area (Å²) in [5.74, 6) is 0. The van der Waals surface area contributed by atoms with Gasteiger partial charge in [-0.15, -0.1) is 11.3 Å². The second kappa shape index (κ2) is 7.07. The lowest BCUT2D eigenvalue weighted by atomic mass is 10.1. The SMILES string of the molecule is CCCNCc1cnc(N2CCC(OC)CC2)s1. The van der Waals surface area contributed by atoms with E-state index in [4.69, 9.17) is 4.74 Å². The van der Waals surface area contributed by atoms with Crippen molar-refractivity contribution in [2.75, 3.05) is 31.6 Å². The van der Waals surface area contributed by atoms with Gasteiger partial charge in [-0.25, -0.2) is 4.98 Å². The number of nitrogens with zero attached hydrogens (tertiary/aromatic N) is 2. The zero-order valence-corrected chi connectivity index (χ0v) is 12.1. The molecule has 0 bridgehead atoms. The van der Waals surface area contributed by atoms with Crippen LogP contribution in [-0.2, 0) is 11.3 Å². The van der Waals surface area contributed by atoms with E-state index in [2.05, 4.69) is 22.1 Å². The third-order valence-electron chi connectivity index (χ3n) is 3.31. The van der Waals surface area contributed by atoms with Gasteiger partial charge in [0.05, 0.1) is 6.10 Å². The van der Waals surface area contributed by atoms with Crippen LogP contribution >= 0.6 is 11.3 Å². The molecular formula is C13H23N3OS. The molecule has 4 nitrogen and oxygen atoms in total. The summed E-state index contributed by atoms with van der Waals surface area (Å²) in [6.45, 7) is 6.33. The normalized spacial score (nSPS) is 17.3. The Hall–Kier alpha value is -0.650. The number of anilines is 1. The first-order chi connectivity index (χ1) is 8.83. The molecule has 0 aliphatic carbocycles. The average Bonchev–Trinajstić information content (AvgIpc) is 2.88. The molecule has 1 N–H and O–H groups in total. The quantitative estimate of drug-likeness (QED) is 0.804. The van der Waals surface area contributed by atoms with Gasteiger partial charge in [-0.3, -0.25) is 0 Å². The van der Waals surface area contributed by atoms with E-state index in [1.165, 1.54) is 11.3 Å². The summed E-state index contributed by atoms with van der Waals surface area (Å²) in [4.78, 5) is 8.24. The van der Waals surface area contributed by atoms with E-state index in [0.717, 1.165) is 44.2 Å². The van der Waals surface area contributed by atoms with E-state index in [9.17, 15) is 0 Å². The lowest BCUT2D eigenvalue weighted by Crippen LogP contribution is -2.36. The number of piperidine rings is 1. The lowest BCUT2D eigenvalue weighted by molar-refractivity contribution is 0.0819. The maximum atomic E-state index is 5.39. The molecule has 0 unspecified atom stereocenters. The highest BCUT2D eigenvalue weighted by Crippen LogP contribution is 2.26. The number of ether oxygens (including phenoxy) is 1. The molecule has 2 rings (SSSR count). The molecule has 1 aliphatic rings. The summed E-state index contributed by atoms with van der Waals surface area (Å²) in [5, 5.41) is 4.58. The van der Waals surface area contributed by atoms with Crippen LogP contribution in [-0.4, -0.2) is 37.8 Å². The summed E-state index contributed by atoms with van der Waals surface area (Å²) in [6, 6.07) is 0. The van der Waals surface area contributed by atoms with E-state index in [1.807, 2.05) is 17.5 Å². The second-order valence-corrected chi connectivity index (χ2v) is 5.80. The fourth-order valence-electron chi connectivity index (χ4n) is 2.20. The molecule has 0 aromatic carbocycles. The third kappa shape index (κ3) is 3.67. The first kappa shape index (κ1) is 13.8. The predicted molar refractivity (Wildman–Crippen MR) is 76.4 cm³/mol. The minimum absolute atomic E-state index is 0.437. The minimum Gasteiger partial charge on any atom is -0.381 e. The Kier molecular flexibility index (Phi) is 5.41. The van der Waals surface area contributed by atoms with Gasteiger partial charge in [-0.2, -0.15) is 0 Å².